The highest BCUT2D eigenvalue weighted by atomic mass is 19.1. The standard InChI is InChI=1S/C15H14F2N2O/c1-19(10-11-4-2-3-5-14(11)17)15(20)18-13-8-6-12(16)7-9-13/h2-9H,10H2,1H3,(H,18,20). The van der Waals surface area contributed by atoms with Crippen LogP contribution in [0.2, 0.25) is 0 Å². The van der Waals surface area contributed by atoms with Crippen molar-refractivity contribution in [2.75, 3.05) is 12.4 Å². The zero-order chi connectivity index (χ0) is 14.5. The SMILES string of the molecule is CN(Cc1ccccc1F)C(=O)Nc1ccc(F)cc1. The Labute approximate surface area is 115 Å². The van der Waals surface area contributed by atoms with Crippen LogP contribution in [0.3, 0.4) is 0 Å². The minimum atomic E-state index is -0.389. The summed E-state index contributed by atoms with van der Waals surface area (Å²) < 4.78 is 26.2. The monoisotopic (exact) mass is 276 g/mol. The Morgan fingerprint density at radius 3 is 2.40 bits per heavy atom. The average molecular weight is 276 g/mol. The summed E-state index contributed by atoms with van der Waals surface area (Å²) in [6.45, 7) is 0.152. The highest BCUT2D eigenvalue weighted by Gasteiger charge is 2.11. The van der Waals surface area contributed by atoms with Gasteiger partial charge in [-0.05, 0) is 30.3 Å². The molecule has 2 rings (SSSR count). The third kappa shape index (κ3) is 3.54. The Hall–Kier alpha value is -2.43. The summed E-state index contributed by atoms with van der Waals surface area (Å²) in [6, 6.07) is 11.3. The van der Waals surface area contributed by atoms with Gasteiger partial charge in [0.1, 0.15) is 11.6 Å². The molecule has 0 unspecified atom stereocenters. The van der Waals surface area contributed by atoms with Crippen LogP contribution in [0.1, 0.15) is 5.56 Å². The third-order valence-electron chi connectivity index (χ3n) is 2.81. The molecule has 0 bridgehead atoms. The van der Waals surface area contributed by atoms with Crippen LogP contribution in [0.4, 0.5) is 19.3 Å². The van der Waals surface area contributed by atoms with Gasteiger partial charge in [0, 0.05) is 24.8 Å². The largest absolute Gasteiger partial charge is 0.323 e. The van der Waals surface area contributed by atoms with E-state index in [0.717, 1.165) is 0 Å². The van der Waals surface area contributed by atoms with E-state index in [4.69, 9.17) is 0 Å². The summed E-state index contributed by atoms with van der Waals surface area (Å²) in [7, 11) is 1.56. The molecular weight excluding hydrogens is 262 g/mol. The van der Waals surface area contributed by atoms with E-state index in [-0.39, 0.29) is 24.2 Å². The molecule has 2 aromatic carbocycles. The summed E-state index contributed by atoms with van der Waals surface area (Å²) in [5, 5.41) is 2.61. The predicted octanol–water partition coefficient (Wildman–Crippen LogP) is 3.63. The zero-order valence-corrected chi connectivity index (χ0v) is 10.9. The number of amides is 2. The van der Waals surface area contributed by atoms with Gasteiger partial charge in [-0.2, -0.15) is 0 Å². The van der Waals surface area contributed by atoms with Crippen LogP contribution < -0.4 is 5.32 Å². The van der Waals surface area contributed by atoms with Gasteiger partial charge in [-0.15, -0.1) is 0 Å². The fourth-order valence-electron chi connectivity index (χ4n) is 1.71. The fourth-order valence-corrected chi connectivity index (χ4v) is 1.71. The van der Waals surface area contributed by atoms with Crippen LogP contribution in [0, 0.1) is 11.6 Å². The van der Waals surface area contributed by atoms with Crippen LogP contribution in [0.5, 0.6) is 0 Å². The molecule has 0 atom stereocenters. The normalized spacial score (nSPS) is 10.2. The van der Waals surface area contributed by atoms with E-state index in [9.17, 15) is 13.6 Å². The molecule has 0 aliphatic carbocycles. The number of rotatable bonds is 3. The fraction of sp³-hybridized carbons (Fsp3) is 0.133. The third-order valence-corrected chi connectivity index (χ3v) is 2.81. The molecule has 5 heteroatoms. The van der Waals surface area contributed by atoms with Gasteiger partial charge in [0.15, 0.2) is 0 Å². The molecule has 2 amide bonds. The van der Waals surface area contributed by atoms with Crippen LogP contribution in [-0.2, 0) is 6.54 Å². The van der Waals surface area contributed by atoms with E-state index < -0.39 is 0 Å². The number of carbonyl (C=O) groups is 1. The predicted molar refractivity (Wildman–Crippen MR) is 73.3 cm³/mol. The van der Waals surface area contributed by atoms with Crippen molar-refractivity contribution in [3.05, 3.63) is 65.7 Å². The number of nitrogens with zero attached hydrogens (tertiary/aromatic N) is 1. The Kier molecular flexibility index (Phi) is 4.30. The number of halogens is 2. The molecular formula is C15H14F2N2O. The average Bonchev–Trinajstić information content (AvgIpc) is 2.44. The van der Waals surface area contributed by atoms with Crippen molar-refractivity contribution in [1.82, 2.24) is 4.90 Å². The van der Waals surface area contributed by atoms with Gasteiger partial charge >= 0.3 is 6.03 Å². The van der Waals surface area contributed by atoms with Crippen molar-refractivity contribution in [2.24, 2.45) is 0 Å². The molecule has 0 aromatic heterocycles. The number of nitrogens with one attached hydrogen (secondary N) is 1. The van der Waals surface area contributed by atoms with Crippen molar-refractivity contribution in [1.29, 1.82) is 0 Å². The number of urea groups is 1. The number of hydrogen-bond acceptors (Lipinski definition) is 1. The first-order valence-corrected chi connectivity index (χ1v) is 6.07. The van der Waals surface area contributed by atoms with Crippen molar-refractivity contribution < 1.29 is 13.6 Å². The minimum absolute atomic E-state index is 0.152. The van der Waals surface area contributed by atoms with Gasteiger partial charge in [-0.25, -0.2) is 13.6 Å². The minimum Gasteiger partial charge on any atom is -0.323 e. The summed E-state index contributed by atoms with van der Waals surface area (Å²) >= 11 is 0. The molecule has 0 fully saturated rings. The van der Waals surface area contributed by atoms with Gasteiger partial charge in [-0.3, -0.25) is 0 Å². The molecule has 0 saturated heterocycles. The highest BCUT2D eigenvalue weighted by Crippen LogP contribution is 2.12. The molecule has 0 spiro atoms. The topological polar surface area (TPSA) is 32.3 Å². The van der Waals surface area contributed by atoms with Crippen LogP contribution in [0.15, 0.2) is 48.5 Å². The van der Waals surface area contributed by atoms with Crippen molar-refractivity contribution in [3.8, 4) is 0 Å². The Bertz CT molecular complexity index is 599. The second-order valence-electron chi connectivity index (χ2n) is 4.38. The second kappa shape index (κ2) is 6.14. The zero-order valence-electron chi connectivity index (χ0n) is 10.9. The Balaban J connectivity index is 1.99. The summed E-state index contributed by atoms with van der Waals surface area (Å²) in [6.07, 6.45) is 0. The van der Waals surface area contributed by atoms with E-state index in [1.807, 2.05) is 0 Å². The lowest BCUT2D eigenvalue weighted by molar-refractivity contribution is 0.220. The van der Waals surface area contributed by atoms with Gasteiger partial charge in [0.05, 0.1) is 0 Å². The number of hydrogen-bond donors (Lipinski definition) is 1. The number of benzene rings is 2. The molecule has 0 saturated carbocycles. The molecule has 0 aliphatic rings. The van der Waals surface area contributed by atoms with Crippen LogP contribution >= 0.6 is 0 Å². The quantitative estimate of drug-likeness (QED) is 0.912. The number of carbonyl (C=O) groups excluding carboxylic acids is 1. The van der Waals surface area contributed by atoms with Gasteiger partial charge in [-0.1, -0.05) is 18.2 Å². The van der Waals surface area contributed by atoms with Crippen molar-refractivity contribution in [2.45, 2.75) is 6.54 Å². The summed E-state index contributed by atoms with van der Waals surface area (Å²) in [5.74, 6) is -0.725. The molecule has 3 nitrogen and oxygen atoms in total. The van der Waals surface area contributed by atoms with E-state index in [0.29, 0.717) is 11.3 Å². The lowest BCUT2D eigenvalue weighted by atomic mass is 10.2. The molecule has 20 heavy (non-hydrogen) atoms. The van der Waals surface area contributed by atoms with Gasteiger partial charge < -0.3 is 10.2 Å². The van der Waals surface area contributed by atoms with E-state index >= 15 is 0 Å². The molecule has 0 radical (unpaired) electrons. The second-order valence-corrected chi connectivity index (χ2v) is 4.38. The van der Waals surface area contributed by atoms with E-state index in [1.54, 1.807) is 25.2 Å². The van der Waals surface area contributed by atoms with Gasteiger partial charge in [0.2, 0.25) is 0 Å². The van der Waals surface area contributed by atoms with Crippen LogP contribution in [-0.4, -0.2) is 18.0 Å². The molecule has 0 aliphatic heterocycles. The maximum atomic E-state index is 13.5. The van der Waals surface area contributed by atoms with Gasteiger partial charge in [0.25, 0.3) is 0 Å². The molecule has 104 valence electrons. The van der Waals surface area contributed by atoms with E-state index in [1.165, 1.54) is 35.2 Å². The summed E-state index contributed by atoms with van der Waals surface area (Å²) in [4.78, 5) is 13.3. The molecule has 0 heterocycles. The number of anilines is 1. The first kappa shape index (κ1) is 14.0. The molecule has 2 aromatic rings. The first-order valence-electron chi connectivity index (χ1n) is 6.07. The maximum absolute atomic E-state index is 13.5. The van der Waals surface area contributed by atoms with Crippen molar-refractivity contribution in [3.63, 3.8) is 0 Å². The maximum Gasteiger partial charge on any atom is 0.321 e. The van der Waals surface area contributed by atoms with Crippen molar-refractivity contribution >= 4 is 11.7 Å². The van der Waals surface area contributed by atoms with Crippen LogP contribution in [0.25, 0.3) is 0 Å². The highest BCUT2D eigenvalue weighted by molar-refractivity contribution is 5.89. The lowest BCUT2D eigenvalue weighted by Gasteiger charge is -2.18. The first-order chi connectivity index (χ1) is 9.56. The van der Waals surface area contributed by atoms with E-state index in [2.05, 4.69) is 5.32 Å². The summed E-state index contributed by atoms with van der Waals surface area (Å²) in [5.41, 5.74) is 0.918. The Morgan fingerprint density at radius 2 is 1.75 bits per heavy atom. The molecule has 1 N–H and O–H groups in total. The lowest BCUT2D eigenvalue weighted by Crippen LogP contribution is -2.31. The smallest absolute Gasteiger partial charge is 0.321 e. The Morgan fingerprint density at radius 1 is 1.10 bits per heavy atom.